The Morgan fingerprint density at radius 3 is 2.33 bits per heavy atom. The molecule has 5 atom stereocenters. The lowest BCUT2D eigenvalue weighted by molar-refractivity contribution is -0.129. The molecule has 4 fully saturated rings. The van der Waals surface area contributed by atoms with Crippen LogP contribution in [0, 0.1) is 59.3 Å². The summed E-state index contributed by atoms with van der Waals surface area (Å²) in [6.07, 6.45) is 16.0. The Balaban J connectivity index is 1.26. The van der Waals surface area contributed by atoms with Gasteiger partial charge in [0.25, 0.3) is 0 Å². The summed E-state index contributed by atoms with van der Waals surface area (Å²) in [4.78, 5) is 29.5. The molecular formula is C35H45NO3. The lowest BCUT2D eigenvalue weighted by Gasteiger charge is -2.55. The van der Waals surface area contributed by atoms with E-state index in [0.29, 0.717) is 35.9 Å². The van der Waals surface area contributed by atoms with E-state index in [2.05, 4.69) is 23.6 Å². The highest BCUT2D eigenvalue weighted by Crippen LogP contribution is 2.66. The number of ketones is 2. The molecule has 4 saturated carbocycles. The van der Waals surface area contributed by atoms with Crippen molar-refractivity contribution in [3.63, 3.8) is 0 Å². The van der Waals surface area contributed by atoms with Crippen molar-refractivity contribution in [2.45, 2.75) is 122 Å². The van der Waals surface area contributed by atoms with Crippen LogP contribution in [0.4, 0.5) is 0 Å². The van der Waals surface area contributed by atoms with Crippen molar-refractivity contribution < 1.29 is 14.7 Å². The highest BCUT2D eigenvalue weighted by atomic mass is 16.3. The molecule has 39 heavy (non-hydrogen) atoms. The summed E-state index contributed by atoms with van der Waals surface area (Å²) in [5, 5.41) is 11.9. The Morgan fingerprint density at radius 1 is 0.974 bits per heavy atom. The van der Waals surface area contributed by atoms with Crippen molar-refractivity contribution in [3.8, 4) is 11.8 Å². The van der Waals surface area contributed by atoms with Crippen LogP contribution < -0.4 is 0 Å². The summed E-state index contributed by atoms with van der Waals surface area (Å²) in [5.74, 6) is 9.33. The molecule has 0 amide bonds. The monoisotopic (exact) mass is 527 g/mol. The molecule has 1 N–H and O–H groups in total. The molecule has 0 aromatic heterocycles. The maximum absolute atomic E-state index is 13.5. The molecule has 2 unspecified atom stereocenters. The fourth-order valence-electron chi connectivity index (χ4n) is 10.2. The third-order valence-corrected chi connectivity index (χ3v) is 12.3. The van der Waals surface area contributed by atoms with E-state index < -0.39 is 5.60 Å². The van der Waals surface area contributed by atoms with Gasteiger partial charge in [-0.05, 0) is 125 Å². The lowest BCUT2D eigenvalue weighted by atomic mass is 9.49. The normalized spacial score (nSPS) is 43.7. The zero-order valence-electron chi connectivity index (χ0n) is 23.9. The summed E-state index contributed by atoms with van der Waals surface area (Å²) >= 11 is 0. The summed E-state index contributed by atoms with van der Waals surface area (Å²) in [6.45, 7) is 11.5. The summed E-state index contributed by atoms with van der Waals surface area (Å²) in [7, 11) is 0. The summed E-state index contributed by atoms with van der Waals surface area (Å²) in [6, 6.07) is 0.125. The third-order valence-electron chi connectivity index (χ3n) is 12.3. The van der Waals surface area contributed by atoms with Crippen LogP contribution in [-0.4, -0.2) is 28.3 Å². The van der Waals surface area contributed by atoms with Crippen LogP contribution in [0.5, 0.6) is 0 Å². The Morgan fingerprint density at radius 2 is 1.67 bits per heavy atom. The molecule has 4 heteroatoms. The molecule has 0 aromatic carbocycles. The Bertz CT molecular complexity index is 1190. The summed E-state index contributed by atoms with van der Waals surface area (Å²) < 4.78 is 0. The highest BCUT2D eigenvalue weighted by molar-refractivity contribution is 5.93. The Labute approximate surface area is 234 Å². The number of carbonyl (C=O) groups excluding carboxylic acids is 2. The second-order valence-corrected chi connectivity index (χ2v) is 14.0. The first-order valence-electron chi connectivity index (χ1n) is 15.8. The maximum atomic E-state index is 13.5. The predicted octanol–water partition coefficient (Wildman–Crippen LogP) is 7.03. The zero-order chi connectivity index (χ0) is 27.4. The molecule has 0 bridgehead atoms. The fraction of sp³-hybridized carbons (Fsp3) is 0.743. The second-order valence-electron chi connectivity index (χ2n) is 14.0. The van der Waals surface area contributed by atoms with E-state index in [0.717, 1.165) is 89.9 Å². The van der Waals surface area contributed by atoms with Crippen molar-refractivity contribution in [1.29, 1.82) is 0 Å². The molecule has 6 rings (SSSR count). The molecule has 0 heterocycles. The quantitative estimate of drug-likeness (QED) is 0.317. The minimum atomic E-state index is -0.920. The van der Waals surface area contributed by atoms with Crippen LogP contribution in [0.3, 0.4) is 0 Å². The first-order valence-corrected chi connectivity index (χ1v) is 15.8. The van der Waals surface area contributed by atoms with E-state index >= 15 is 0 Å². The van der Waals surface area contributed by atoms with Crippen molar-refractivity contribution in [2.24, 2.45) is 40.9 Å². The number of carbonyl (C=O) groups is 2. The average Bonchev–Trinajstić information content (AvgIpc) is 3.22. The standard InChI is InChI=1S/C35H45NO3/c1-4-18-35(39)19-17-31-29-15-11-25-20-27(37)14-16-28(25)32(29)30(21-34(31,35)2)22-5-7-23(8-6-22)33(38)24-9-12-26(36-3)13-10-24/h20,22-24,26,29-31,39H,5-17,19,21H2,1-2H3/t22?,23?,24?,26?,29?,30-,31?,34+,35+/m1/s1. The SMILES string of the molecule is [C-]#[N+]C1CCC(C(=O)C2CCC([C@H]3C[C@@]4(C)C(CC[C@@]4(O)C#CC)C4CCC5=CC(=O)CCC5=C43)CC2)CC1. The molecule has 0 spiro atoms. The van der Waals surface area contributed by atoms with Crippen molar-refractivity contribution in [1.82, 2.24) is 0 Å². The van der Waals surface area contributed by atoms with Gasteiger partial charge in [0.1, 0.15) is 11.4 Å². The van der Waals surface area contributed by atoms with Crippen molar-refractivity contribution >= 4 is 11.6 Å². The van der Waals surface area contributed by atoms with Gasteiger partial charge in [0, 0.05) is 36.5 Å². The van der Waals surface area contributed by atoms with Gasteiger partial charge in [-0.15, -0.1) is 5.92 Å². The number of rotatable bonds is 3. The van der Waals surface area contributed by atoms with Crippen molar-refractivity contribution in [3.05, 3.63) is 34.2 Å². The minimum Gasteiger partial charge on any atom is -0.377 e. The van der Waals surface area contributed by atoms with E-state index in [-0.39, 0.29) is 29.1 Å². The van der Waals surface area contributed by atoms with Gasteiger partial charge >= 0.3 is 0 Å². The summed E-state index contributed by atoms with van der Waals surface area (Å²) in [5.41, 5.74) is 3.30. The minimum absolute atomic E-state index is 0.125. The smallest absolute Gasteiger partial charge is 0.223 e. The van der Waals surface area contributed by atoms with Gasteiger partial charge in [-0.3, -0.25) is 9.59 Å². The van der Waals surface area contributed by atoms with E-state index in [1.165, 1.54) is 11.1 Å². The van der Waals surface area contributed by atoms with Crippen LogP contribution in [-0.2, 0) is 9.59 Å². The van der Waals surface area contributed by atoms with Crippen LogP contribution in [0.1, 0.15) is 110 Å². The molecule has 0 aliphatic heterocycles. The molecule has 6 aliphatic rings. The van der Waals surface area contributed by atoms with Gasteiger partial charge < -0.3 is 9.95 Å². The number of Topliss-reactive ketones (excluding diaryl/α,β-unsaturated/α-hetero) is 1. The first kappa shape index (κ1) is 27.0. The van der Waals surface area contributed by atoms with Crippen LogP contribution >= 0.6 is 0 Å². The van der Waals surface area contributed by atoms with E-state index in [1.807, 2.05) is 13.0 Å². The number of hydrogen-bond acceptors (Lipinski definition) is 3. The number of aliphatic hydroxyl groups is 1. The molecule has 0 saturated heterocycles. The molecule has 4 nitrogen and oxygen atoms in total. The topological polar surface area (TPSA) is 58.7 Å². The number of hydrogen-bond donors (Lipinski definition) is 1. The number of fused-ring (bicyclic) bond motifs is 4. The molecule has 208 valence electrons. The molecule has 0 aromatic rings. The highest BCUT2D eigenvalue weighted by Gasteiger charge is 2.63. The van der Waals surface area contributed by atoms with Gasteiger partial charge in [0.15, 0.2) is 5.78 Å². The van der Waals surface area contributed by atoms with Gasteiger partial charge in [0.05, 0.1) is 0 Å². The van der Waals surface area contributed by atoms with E-state index in [9.17, 15) is 14.7 Å². The Hall–Kier alpha value is -2.17. The van der Waals surface area contributed by atoms with Gasteiger partial charge in [-0.2, -0.15) is 0 Å². The molecular weight excluding hydrogens is 482 g/mol. The maximum Gasteiger partial charge on any atom is 0.223 e. The van der Waals surface area contributed by atoms with Gasteiger partial charge in [-0.25, -0.2) is 6.57 Å². The van der Waals surface area contributed by atoms with E-state index in [1.54, 1.807) is 5.57 Å². The molecule has 0 radical (unpaired) electrons. The largest absolute Gasteiger partial charge is 0.377 e. The molecule has 6 aliphatic carbocycles. The average molecular weight is 528 g/mol. The van der Waals surface area contributed by atoms with Gasteiger partial charge in [-0.1, -0.05) is 18.4 Å². The van der Waals surface area contributed by atoms with E-state index in [4.69, 9.17) is 6.57 Å². The third kappa shape index (κ3) is 4.47. The first-order chi connectivity index (χ1) is 18.8. The van der Waals surface area contributed by atoms with Crippen molar-refractivity contribution in [2.75, 3.05) is 0 Å². The fourth-order valence-corrected chi connectivity index (χ4v) is 10.2. The zero-order valence-corrected chi connectivity index (χ0v) is 23.9. The van der Waals surface area contributed by atoms with Crippen LogP contribution in [0.15, 0.2) is 22.8 Å². The number of nitrogens with zero attached hydrogens (tertiary/aromatic N) is 1. The number of allylic oxidation sites excluding steroid dienone is 4. The Kier molecular flexibility index (Phi) is 7.17. The second kappa shape index (κ2) is 10.3. The lowest BCUT2D eigenvalue weighted by Crippen LogP contribution is -2.52. The van der Waals surface area contributed by atoms with Crippen LogP contribution in [0.2, 0.25) is 0 Å². The predicted molar refractivity (Wildman–Crippen MR) is 152 cm³/mol. The van der Waals surface area contributed by atoms with Crippen LogP contribution in [0.25, 0.3) is 4.85 Å². The van der Waals surface area contributed by atoms with Gasteiger partial charge in [0.2, 0.25) is 6.04 Å².